The Hall–Kier alpha value is -1.54. The first kappa shape index (κ1) is 11.3. The number of hydrogen-bond acceptors (Lipinski definition) is 2. The summed E-state index contributed by atoms with van der Waals surface area (Å²) in [6.07, 6.45) is 6.25. The highest BCUT2D eigenvalue weighted by Gasteiger charge is 1.46. The standard InChI is InChI=1S/2C4H5N/c2*1-2-3-4-5/h2*2-3H,1H3/b3-2+;3-2-. The van der Waals surface area contributed by atoms with Gasteiger partial charge in [0.05, 0.1) is 12.1 Å². The highest BCUT2D eigenvalue weighted by Crippen LogP contribution is 1.58. The van der Waals surface area contributed by atoms with Gasteiger partial charge in [0.2, 0.25) is 0 Å². The minimum Gasteiger partial charge on any atom is -0.193 e. The van der Waals surface area contributed by atoms with Crippen molar-refractivity contribution >= 4 is 0 Å². The minimum atomic E-state index is 1.43. The van der Waals surface area contributed by atoms with Gasteiger partial charge < -0.3 is 0 Å². The van der Waals surface area contributed by atoms with Gasteiger partial charge in [0.15, 0.2) is 0 Å². The molecule has 0 radical (unpaired) electrons. The molecule has 0 aliphatic carbocycles. The first-order valence-electron chi connectivity index (χ1n) is 2.85. The highest BCUT2D eigenvalue weighted by molar-refractivity contribution is 4.99. The molecule has 52 valence electrons. The van der Waals surface area contributed by atoms with Crippen molar-refractivity contribution in [2.45, 2.75) is 13.8 Å². The lowest BCUT2D eigenvalue weighted by molar-refractivity contribution is 1.53. The summed E-state index contributed by atoms with van der Waals surface area (Å²) in [5.41, 5.74) is 0. The van der Waals surface area contributed by atoms with Crippen LogP contribution in [0.4, 0.5) is 0 Å². The average molecular weight is 134 g/mol. The second-order valence-corrected chi connectivity index (χ2v) is 1.26. The fourth-order valence-corrected chi connectivity index (χ4v) is 0.149. The fraction of sp³-hybridized carbons (Fsp3) is 0.250. The van der Waals surface area contributed by atoms with Crippen LogP contribution in [-0.4, -0.2) is 0 Å². The number of rotatable bonds is 0. The van der Waals surface area contributed by atoms with Gasteiger partial charge in [0, 0.05) is 12.2 Å². The predicted molar refractivity (Wildman–Crippen MR) is 40.9 cm³/mol. The van der Waals surface area contributed by atoms with Crippen LogP contribution in [0.1, 0.15) is 13.8 Å². The van der Waals surface area contributed by atoms with E-state index in [0.29, 0.717) is 0 Å². The molecule has 0 aromatic heterocycles. The summed E-state index contributed by atoms with van der Waals surface area (Å²) >= 11 is 0. The molecule has 0 aliphatic heterocycles. The summed E-state index contributed by atoms with van der Waals surface area (Å²) in [5.74, 6) is 0. The van der Waals surface area contributed by atoms with Gasteiger partial charge in [0.1, 0.15) is 0 Å². The quantitative estimate of drug-likeness (QED) is 0.476. The molecule has 0 amide bonds. The molecule has 0 fully saturated rings. The third-order valence-corrected chi connectivity index (χ3v) is 0.482. The van der Waals surface area contributed by atoms with Gasteiger partial charge in [-0.25, -0.2) is 0 Å². The minimum absolute atomic E-state index is 1.43. The van der Waals surface area contributed by atoms with E-state index in [1.165, 1.54) is 12.2 Å². The topological polar surface area (TPSA) is 47.6 Å². The Bertz CT molecular complexity index is 154. The molecule has 0 spiro atoms. The van der Waals surface area contributed by atoms with Crippen LogP contribution >= 0.6 is 0 Å². The first-order valence-corrected chi connectivity index (χ1v) is 2.85. The van der Waals surface area contributed by atoms with Gasteiger partial charge in [0.25, 0.3) is 0 Å². The number of nitrogens with zero attached hydrogens (tertiary/aromatic N) is 2. The Morgan fingerprint density at radius 2 is 1.20 bits per heavy atom. The third kappa shape index (κ3) is 31.8. The predicted octanol–water partition coefficient (Wildman–Crippen LogP) is 2.17. The van der Waals surface area contributed by atoms with Gasteiger partial charge in [-0.1, -0.05) is 12.2 Å². The van der Waals surface area contributed by atoms with Crippen LogP contribution in [0.5, 0.6) is 0 Å². The van der Waals surface area contributed by atoms with Crippen molar-refractivity contribution in [3.8, 4) is 12.1 Å². The van der Waals surface area contributed by atoms with Crippen molar-refractivity contribution in [1.82, 2.24) is 0 Å². The van der Waals surface area contributed by atoms with E-state index in [1.807, 2.05) is 26.0 Å². The Morgan fingerprint density at radius 3 is 1.20 bits per heavy atom. The van der Waals surface area contributed by atoms with Gasteiger partial charge in [-0.3, -0.25) is 0 Å². The molecule has 0 aromatic rings. The van der Waals surface area contributed by atoms with Gasteiger partial charge in [-0.05, 0) is 13.8 Å². The van der Waals surface area contributed by atoms with E-state index in [-0.39, 0.29) is 0 Å². The second-order valence-electron chi connectivity index (χ2n) is 1.26. The summed E-state index contributed by atoms with van der Waals surface area (Å²) in [6.45, 7) is 3.62. The van der Waals surface area contributed by atoms with Crippen molar-refractivity contribution in [1.29, 1.82) is 10.5 Å². The average Bonchev–Trinajstić information content (AvgIpc) is 1.93. The summed E-state index contributed by atoms with van der Waals surface area (Å²) < 4.78 is 0. The SMILES string of the molecule is C/C=C/C#N.C/C=C\C#N. The molecular formula is C8H10N2. The summed E-state index contributed by atoms with van der Waals surface area (Å²) in [7, 11) is 0. The molecule has 0 aromatic carbocycles. The molecule has 0 unspecified atom stereocenters. The van der Waals surface area contributed by atoms with E-state index >= 15 is 0 Å². The number of nitriles is 2. The van der Waals surface area contributed by atoms with Crippen molar-refractivity contribution in [3.05, 3.63) is 24.3 Å². The molecule has 0 heterocycles. The van der Waals surface area contributed by atoms with Gasteiger partial charge in [-0.15, -0.1) is 0 Å². The molecular weight excluding hydrogens is 124 g/mol. The normalized spacial score (nSPS) is 8.00. The molecule has 0 N–H and O–H groups in total. The molecule has 10 heavy (non-hydrogen) atoms. The van der Waals surface area contributed by atoms with Crippen molar-refractivity contribution < 1.29 is 0 Å². The molecule has 2 heteroatoms. The Kier molecular flexibility index (Phi) is 17.7. The van der Waals surface area contributed by atoms with E-state index in [1.54, 1.807) is 12.2 Å². The largest absolute Gasteiger partial charge is 0.193 e. The van der Waals surface area contributed by atoms with Gasteiger partial charge >= 0.3 is 0 Å². The van der Waals surface area contributed by atoms with Crippen molar-refractivity contribution in [2.75, 3.05) is 0 Å². The maximum absolute atomic E-state index is 7.73. The zero-order valence-electron chi connectivity index (χ0n) is 6.20. The van der Waals surface area contributed by atoms with Crippen molar-refractivity contribution in [2.24, 2.45) is 0 Å². The van der Waals surface area contributed by atoms with Crippen molar-refractivity contribution in [3.63, 3.8) is 0 Å². The Morgan fingerprint density at radius 1 is 0.900 bits per heavy atom. The number of hydrogen-bond donors (Lipinski definition) is 0. The van der Waals surface area contributed by atoms with Crippen LogP contribution in [-0.2, 0) is 0 Å². The molecule has 2 nitrogen and oxygen atoms in total. The molecule has 0 saturated heterocycles. The summed E-state index contributed by atoms with van der Waals surface area (Å²) in [4.78, 5) is 0. The lowest BCUT2D eigenvalue weighted by Gasteiger charge is -1.47. The van der Waals surface area contributed by atoms with Crippen LogP contribution in [0.2, 0.25) is 0 Å². The molecule has 0 aliphatic rings. The lowest BCUT2D eigenvalue weighted by atomic mass is 10.6. The summed E-state index contributed by atoms with van der Waals surface area (Å²) in [6, 6.07) is 3.67. The van der Waals surface area contributed by atoms with Crippen LogP contribution < -0.4 is 0 Å². The Labute approximate surface area is 61.7 Å². The van der Waals surface area contributed by atoms with Crippen LogP contribution in [0.15, 0.2) is 24.3 Å². The van der Waals surface area contributed by atoms with E-state index in [0.717, 1.165) is 0 Å². The number of allylic oxidation sites excluding steroid dienone is 4. The lowest BCUT2D eigenvalue weighted by Crippen LogP contribution is -1.35. The monoisotopic (exact) mass is 134 g/mol. The smallest absolute Gasteiger partial charge is 0.0908 e. The second kappa shape index (κ2) is 15.7. The zero-order valence-corrected chi connectivity index (χ0v) is 6.20. The zero-order chi connectivity index (χ0) is 8.24. The molecule has 0 rings (SSSR count). The van der Waals surface area contributed by atoms with Crippen LogP contribution in [0.25, 0.3) is 0 Å². The first-order chi connectivity index (χ1) is 4.83. The summed E-state index contributed by atoms with van der Waals surface area (Å²) in [5, 5.41) is 15.5. The molecule has 0 atom stereocenters. The third-order valence-electron chi connectivity index (χ3n) is 0.482. The van der Waals surface area contributed by atoms with Crippen LogP contribution in [0.3, 0.4) is 0 Å². The van der Waals surface area contributed by atoms with E-state index in [9.17, 15) is 0 Å². The highest BCUT2D eigenvalue weighted by atomic mass is 14.2. The van der Waals surface area contributed by atoms with E-state index in [4.69, 9.17) is 10.5 Å². The van der Waals surface area contributed by atoms with E-state index < -0.39 is 0 Å². The maximum atomic E-state index is 7.73. The molecule has 0 bridgehead atoms. The van der Waals surface area contributed by atoms with Gasteiger partial charge in [-0.2, -0.15) is 10.5 Å². The molecule has 0 saturated carbocycles. The fourth-order valence-electron chi connectivity index (χ4n) is 0.149. The van der Waals surface area contributed by atoms with E-state index in [2.05, 4.69) is 0 Å². The Balaban J connectivity index is 0. The van der Waals surface area contributed by atoms with Crippen LogP contribution in [0, 0.1) is 22.7 Å². The maximum Gasteiger partial charge on any atom is 0.0908 e.